The van der Waals surface area contributed by atoms with Crippen LogP contribution in [0.15, 0.2) is 34.9 Å². The van der Waals surface area contributed by atoms with Crippen LogP contribution in [0.2, 0.25) is 0 Å². The number of benzene rings is 1. The molecular formula is C15H17BrN2O2. The van der Waals surface area contributed by atoms with Gasteiger partial charge in [0.2, 0.25) is 0 Å². The average molecular weight is 337 g/mol. The van der Waals surface area contributed by atoms with E-state index >= 15 is 0 Å². The maximum atomic E-state index is 12.3. The predicted molar refractivity (Wildman–Crippen MR) is 83.3 cm³/mol. The van der Waals surface area contributed by atoms with Crippen molar-refractivity contribution in [3.8, 4) is 5.75 Å². The van der Waals surface area contributed by atoms with Gasteiger partial charge in [-0.15, -0.1) is 0 Å². The molecule has 1 heterocycles. The highest BCUT2D eigenvalue weighted by Crippen LogP contribution is 2.26. The molecule has 0 atom stereocenters. The molecule has 0 aliphatic carbocycles. The summed E-state index contributed by atoms with van der Waals surface area (Å²) in [5.74, 6) is -0.177. The normalized spacial score (nSPS) is 10.8. The summed E-state index contributed by atoms with van der Waals surface area (Å²) in [4.78, 5) is 12.3. The molecule has 1 aromatic heterocycles. The smallest absolute Gasteiger partial charge is 0.272 e. The molecule has 0 radical (unpaired) electrons. The first-order chi connectivity index (χ1) is 9.38. The summed E-state index contributed by atoms with van der Waals surface area (Å²) in [6, 6.07) is 7.09. The predicted octanol–water partition coefficient (Wildman–Crippen LogP) is 4.10. The van der Waals surface area contributed by atoms with Crippen molar-refractivity contribution in [2.24, 2.45) is 0 Å². The summed E-state index contributed by atoms with van der Waals surface area (Å²) in [6.07, 6.45) is 1.87. The van der Waals surface area contributed by atoms with Crippen LogP contribution in [-0.2, 0) is 0 Å². The molecule has 2 aromatic rings. The third-order valence-electron chi connectivity index (χ3n) is 3.01. The number of carbonyl (C=O) groups excluding carboxylic acids is 1. The summed E-state index contributed by atoms with van der Waals surface area (Å²) in [7, 11) is 0. The number of rotatable bonds is 3. The number of hydrogen-bond acceptors (Lipinski definition) is 2. The molecule has 2 N–H and O–H groups in total. The van der Waals surface area contributed by atoms with Gasteiger partial charge in [0.25, 0.3) is 5.91 Å². The molecule has 1 aromatic carbocycles. The van der Waals surface area contributed by atoms with E-state index < -0.39 is 0 Å². The van der Waals surface area contributed by atoms with Gasteiger partial charge in [-0.25, -0.2) is 0 Å². The number of nitrogens with zero attached hydrogens (tertiary/aromatic N) is 1. The van der Waals surface area contributed by atoms with Crippen LogP contribution < -0.4 is 5.32 Å². The lowest BCUT2D eigenvalue weighted by Gasteiger charge is -2.13. The fourth-order valence-electron chi connectivity index (χ4n) is 1.99. The summed E-state index contributed by atoms with van der Waals surface area (Å²) in [5.41, 5.74) is 1.90. The highest BCUT2D eigenvalue weighted by atomic mass is 79.9. The number of anilines is 1. The molecule has 20 heavy (non-hydrogen) atoms. The topological polar surface area (TPSA) is 54.3 Å². The van der Waals surface area contributed by atoms with E-state index in [2.05, 4.69) is 21.2 Å². The molecule has 5 heteroatoms. The summed E-state index contributed by atoms with van der Waals surface area (Å²) < 4.78 is 2.73. The monoisotopic (exact) mass is 336 g/mol. The van der Waals surface area contributed by atoms with Gasteiger partial charge in [-0.3, -0.25) is 4.79 Å². The van der Waals surface area contributed by atoms with Crippen molar-refractivity contribution in [3.63, 3.8) is 0 Å². The Kier molecular flexibility index (Phi) is 4.18. The third kappa shape index (κ3) is 3.04. The largest absolute Gasteiger partial charge is 0.506 e. The number of halogens is 1. The molecule has 0 bridgehead atoms. The number of aromatic nitrogens is 1. The molecule has 0 aliphatic rings. The standard InChI is InChI=1S/C15H17BrN2O2/c1-9(2)18-8-11(16)7-13(18)15(20)17-12-5-4-10(3)6-14(12)19/h4-9,19H,1-3H3,(H,17,20). The second kappa shape index (κ2) is 5.71. The molecule has 0 spiro atoms. The molecular weight excluding hydrogens is 320 g/mol. The van der Waals surface area contributed by atoms with Gasteiger partial charge in [0.05, 0.1) is 5.69 Å². The van der Waals surface area contributed by atoms with Gasteiger partial charge in [0.1, 0.15) is 11.4 Å². The Hall–Kier alpha value is -1.75. The second-order valence-corrected chi connectivity index (χ2v) is 5.93. The van der Waals surface area contributed by atoms with Crippen molar-refractivity contribution >= 4 is 27.5 Å². The van der Waals surface area contributed by atoms with Crippen molar-refractivity contribution in [1.82, 2.24) is 4.57 Å². The van der Waals surface area contributed by atoms with Gasteiger partial charge in [-0.05, 0) is 60.5 Å². The number of aryl methyl sites for hydroxylation is 1. The first-order valence-electron chi connectivity index (χ1n) is 6.37. The van der Waals surface area contributed by atoms with Crippen LogP contribution >= 0.6 is 15.9 Å². The molecule has 0 saturated heterocycles. The zero-order chi connectivity index (χ0) is 14.9. The second-order valence-electron chi connectivity index (χ2n) is 5.02. The third-order valence-corrected chi connectivity index (χ3v) is 3.44. The molecule has 4 nitrogen and oxygen atoms in total. The molecule has 1 amide bonds. The van der Waals surface area contributed by atoms with Crippen LogP contribution in [0.4, 0.5) is 5.69 Å². The van der Waals surface area contributed by atoms with E-state index in [9.17, 15) is 9.90 Å². The van der Waals surface area contributed by atoms with E-state index in [1.54, 1.807) is 18.2 Å². The molecule has 0 unspecified atom stereocenters. The van der Waals surface area contributed by atoms with Crippen LogP contribution in [0, 0.1) is 6.92 Å². The van der Waals surface area contributed by atoms with Gasteiger partial charge in [-0.1, -0.05) is 6.07 Å². The Morgan fingerprint density at radius 2 is 2.05 bits per heavy atom. The quantitative estimate of drug-likeness (QED) is 0.829. The summed E-state index contributed by atoms with van der Waals surface area (Å²) in [6.45, 7) is 5.89. The Bertz CT molecular complexity index is 647. The molecule has 0 saturated carbocycles. The first kappa shape index (κ1) is 14.7. The summed E-state index contributed by atoms with van der Waals surface area (Å²) >= 11 is 3.38. The number of aromatic hydroxyl groups is 1. The summed E-state index contributed by atoms with van der Waals surface area (Å²) in [5, 5.41) is 12.6. The van der Waals surface area contributed by atoms with E-state index in [4.69, 9.17) is 0 Å². The first-order valence-corrected chi connectivity index (χ1v) is 7.16. The molecule has 0 fully saturated rings. The van der Waals surface area contributed by atoms with E-state index in [0.29, 0.717) is 11.4 Å². The number of amides is 1. The highest BCUT2D eigenvalue weighted by Gasteiger charge is 2.16. The van der Waals surface area contributed by atoms with Gasteiger partial charge in [-0.2, -0.15) is 0 Å². The Balaban J connectivity index is 2.28. The highest BCUT2D eigenvalue weighted by molar-refractivity contribution is 9.10. The fourth-order valence-corrected chi connectivity index (χ4v) is 2.43. The van der Waals surface area contributed by atoms with Crippen LogP contribution in [0.25, 0.3) is 0 Å². The van der Waals surface area contributed by atoms with Crippen LogP contribution in [0.1, 0.15) is 35.9 Å². The Labute approximate surface area is 126 Å². The zero-order valence-corrected chi connectivity index (χ0v) is 13.2. The van der Waals surface area contributed by atoms with Crippen molar-refractivity contribution in [2.75, 3.05) is 5.32 Å². The molecule has 2 rings (SSSR count). The van der Waals surface area contributed by atoms with E-state index in [1.807, 2.05) is 37.6 Å². The maximum absolute atomic E-state index is 12.3. The van der Waals surface area contributed by atoms with Crippen LogP contribution in [0.3, 0.4) is 0 Å². The lowest BCUT2D eigenvalue weighted by Crippen LogP contribution is -2.17. The van der Waals surface area contributed by atoms with Crippen molar-refractivity contribution in [3.05, 3.63) is 46.2 Å². The van der Waals surface area contributed by atoms with E-state index in [-0.39, 0.29) is 17.7 Å². The fraction of sp³-hybridized carbons (Fsp3) is 0.267. The zero-order valence-electron chi connectivity index (χ0n) is 11.6. The van der Waals surface area contributed by atoms with Crippen LogP contribution in [-0.4, -0.2) is 15.6 Å². The molecule has 106 valence electrons. The number of carbonyl (C=O) groups is 1. The van der Waals surface area contributed by atoms with Crippen molar-refractivity contribution in [1.29, 1.82) is 0 Å². The lowest BCUT2D eigenvalue weighted by atomic mass is 10.2. The van der Waals surface area contributed by atoms with Gasteiger partial charge in [0, 0.05) is 16.7 Å². The van der Waals surface area contributed by atoms with Crippen LogP contribution in [0.5, 0.6) is 5.75 Å². The number of phenolic OH excluding ortho intramolecular Hbond substituents is 1. The SMILES string of the molecule is Cc1ccc(NC(=O)c2cc(Br)cn2C(C)C)c(O)c1. The maximum Gasteiger partial charge on any atom is 0.272 e. The van der Waals surface area contributed by atoms with E-state index in [0.717, 1.165) is 10.0 Å². The van der Waals surface area contributed by atoms with Crippen molar-refractivity contribution < 1.29 is 9.90 Å². The van der Waals surface area contributed by atoms with Gasteiger partial charge < -0.3 is 15.0 Å². The minimum atomic E-state index is -0.247. The van der Waals surface area contributed by atoms with E-state index in [1.165, 1.54) is 0 Å². The Morgan fingerprint density at radius 1 is 1.35 bits per heavy atom. The molecule has 0 aliphatic heterocycles. The average Bonchev–Trinajstić information content (AvgIpc) is 2.75. The Morgan fingerprint density at radius 3 is 2.65 bits per heavy atom. The van der Waals surface area contributed by atoms with Gasteiger partial charge in [0.15, 0.2) is 0 Å². The minimum absolute atomic E-state index is 0.0695. The minimum Gasteiger partial charge on any atom is -0.506 e. The van der Waals surface area contributed by atoms with Crippen molar-refractivity contribution in [2.45, 2.75) is 26.8 Å². The number of phenols is 1. The lowest BCUT2D eigenvalue weighted by molar-refractivity contribution is 0.101. The number of hydrogen-bond donors (Lipinski definition) is 2. The van der Waals surface area contributed by atoms with Gasteiger partial charge >= 0.3 is 0 Å². The number of nitrogens with one attached hydrogen (secondary N) is 1.